The molecule has 0 saturated heterocycles. The Kier molecular flexibility index (Phi) is 5.00. The maximum Gasteiger partial charge on any atom is 0.404 e. The van der Waals surface area contributed by atoms with Gasteiger partial charge in [-0.2, -0.15) is 0 Å². The lowest BCUT2D eigenvalue weighted by Crippen LogP contribution is -2.23. The summed E-state index contributed by atoms with van der Waals surface area (Å²) in [5, 5.41) is 21.2. The van der Waals surface area contributed by atoms with Crippen molar-refractivity contribution in [1.82, 2.24) is 5.32 Å². The zero-order valence-corrected chi connectivity index (χ0v) is 9.79. The predicted molar refractivity (Wildman–Crippen MR) is 67.8 cm³/mol. The van der Waals surface area contributed by atoms with Crippen molar-refractivity contribution >= 4 is 17.6 Å². The molecule has 0 aliphatic rings. The molecule has 0 bridgehead atoms. The van der Waals surface area contributed by atoms with E-state index >= 15 is 0 Å². The predicted octanol–water partition coefficient (Wildman–Crippen LogP) is 2.30. The molecular formula is C12H17N3O2. The van der Waals surface area contributed by atoms with Gasteiger partial charge < -0.3 is 15.7 Å². The second kappa shape index (κ2) is 6.52. The van der Waals surface area contributed by atoms with Crippen LogP contribution in [0.4, 0.5) is 10.5 Å². The first-order chi connectivity index (χ1) is 8.11. The molecule has 0 atom stereocenters. The van der Waals surface area contributed by atoms with Gasteiger partial charge in [0.1, 0.15) is 0 Å². The Labute approximate surface area is 100 Å². The van der Waals surface area contributed by atoms with Crippen molar-refractivity contribution in [2.24, 2.45) is 0 Å². The summed E-state index contributed by atoms with van der Waals surface area (Å²) in [6.45, 7) is 2.33. The summed E-state index contributed by atoms with van der Waals surface area (Å²) in [7, 11) is 0. The lowest BCUT2D eigenvalue weighted by Gasteiger charge is -2.07. The molecule has 1 amide bonds. The largest absolute Gasteiger partial charge is 0.465 e. The van der Waals surface area contributed by atoms with Crippen LogP contribution in [0.2, 0.25) is 0 Å². The Bertz CT molecular complexity index is 387. The minimum atomic E-state index is -1.00. The highest BCUT2D eigenvalue weighted by atomic mass is 16.4. The minimum absolute atomic E-state index is 0.410. The van der Waals surface area contributed by atoms with Crippen LogP contribution >= 0.6 is 0 Å². The summed E-state index contributed by atoms with van der Waals surface area (Å²) in [4.78, 5) is 10.3. The average molecular weight is 235 g/mol. The van der Waals surface area contributed by atoms with Crippen molar-refractivity contribution in [2.45, 2.75) is 19.8 Å². The molecule has 5 nitrogen and oxygen atoms in total. The fraction of sp³-hybridized carbons (Fsp3) is 0.333. The van der Waals surface area contributed by atoms with E-state index in [-0.39, 0.29) is 0 Å². The van der Waals surface area contributed by atoms with E-state index in [2.05, 4.69) is 10.6 Å². The third kappa shape index (κ3) is 5.01. The summed E-state index contributed by atoms with van der Waals surface area (Å²) in [6.07, 6.45) is 0.335. The molecule has 0 spiro atoms. The molecular weight excluding hydrogens is 218 g/mol. The van der Waals surface area contributed by atoms with Gasteiger partial charge in [-0.05, 0) is 24.1 Å². The van der Waals surface area contributed by atoms with E-state index < -0.39 is 6.09 Å². The first kappa shape index (κ1) is 13.0. The fourth-order valence-electron chi connectivity index (χ4n) is 1.33. The van der Waals surface area contributed by atoms with E-state index in [9.17, 15) is 4.79 Å². The number of carbonyl (C=O) groups is 1. The topological polar surface area (TPSA) is 85.2 Å². The lowest BCUT2D eigenvalue weighted by atomic mass is 10.1. The van der Waals surface area contributed by atoms with Gasteiger partial charge in [-0.25, -0.2) is 4.79 Å². The van der Waals surface area contributed by atoms with E-state index in [1.165, 1.54) is 0 Å². The van der Waals surface area contributed by atoms with Crippen LogP contribution in [0.3, 0.4) is 0 Å². The normalized spacial score (nSPS) is 9.71. The minimum Gasteiger partial charge on any atom is -0.465 e. The van der Waals surface area contributed by atoms with Gasteiger partial charge in [-0.15, -0.1) is 0 Å². The molecule has 5 heteroatoms. The maximum absolute atomic E-state index is 10.3. The van der Waals surface area contributed by atoms with Crippen molar-refractivity contribution in [1.29, 1.82) is 5.41 Å². The lowest BCUT2D eigenvalue weighted by molar-refractivity contribution is 0.194. The summed E-state index contributed by atoms with van der Waals surface area (Å²) in [6, 6.07) is 7.63. The maximum atomic E-state index is 10.3. The molecule has 0 radical (unpaired) electrons. The zero-order chi connectivity index (χ0) is 12.7. The molecule has 0 saturated carbocycles. The van der Waals surface area contributed by atoms with Crippen molar-refractivity contribution in [2.75, 3.05) is 11.9 Å². The van der Waals surface area contributed by atoms with Crippen molar-refractivity contribution < 1.29 is 9.90 Å². The van der Waals surface area contributed by atoms with Crippen molar-refractivity contribution in [3.63, 3.8) is 0 Å². The van der Waals surface area contributed by atoms with Crippen LogP contribution < -0.4 is 10.6 Å². The van der Waals surface area contributed by atoms with Gasteiger partial charge in [0.15, 0.2) is 0 Å². The Morgan fingerprint density at radius 3 is 2.53 bits per heavy atom. The Balaban J connectivity index is 2.44. The summed E-state index contributed by atoms with van der Waals surface area (Å²) in [5.41, 5.74) is 1.94. The van der Waals surface area contributed by atoms with Crippen LogP contribution in [0, 0.1) is 5.41 Å². The molecule has 1 aromatic rings. The van der Waals surface area contributed by atoms with Crippen LogP contribution in [-0.4, -0.2) is 23.6 Å². The highest BCUT2D eigenvalue weighted by molar-refractivity contribution is 5.92. The second-order valence-electron chi connectivity index (χ2n) is 3.64. The van der Waals surface area contributed by atoms with E-state index in [4.69, 9.17) is 10.5 Å². The summed E-state index contributed by atoms with van der Waals surface area (Å²) in [5.74, 6) is 0.477. The van der Waals surface area contributed by atoms with Crippen LogP contribution in [0.15, 0.2) is 24.3 Å². The first-order valence-electron chi connectivity index (χ1n) is 5.52. The van der Waals surface area contributed by atoms with E-state index in [0.717, 1.165) is 11.3 Å². The molecule has 0 fully saturated rings. The summed E-state index contributed by atoms with van der Waals surface area (Å²) < 4.78 is 0. The van der Waals surface area contributed by atoms with Gasteiger partial charge in [-0.3, -0.25) is 5.41 Å². The Morgan fingerprint density at radius 2 is 2.00 bits per heavy atom. The number of nitrogens with one attached hydrogen (secondary N) is 3. The number of hydrogen-bond donors (Lipinski definition) is 4. The number of carboxylic acid groups (broad SMARTS) is 1. The van der Waals surface area contributed by atoms with Gasteiger partial charge in [0.25, 0.3) is 0 Å². The van der Waals surface area contributed by atoms with Gasteiger partial charge in [0.2, 0.25) is 0 Å². The molecule has 1 aromatic carbocycles. The van der Waals surface area contributed by atoms with E-state index in [1.807, 2.05) is 31.2 Å². The van der Waals surface area contributed by atoms with Gasteiger partial charge in [-0.1, -0.05) is 19.1 Å². The van der Waals surface area contributed by atoms with Crippen LogP contribution in [-0.2, 0) is 6.42 Å². The van der Waals surface area contributed by atoms with Crippen LogP contribution in [0.1, 0.15) is 18.9 Å². The van der Waals surface area contributed by atoms with E-state index in [0.29, 0.717) is 25.2 Å². The molecule has 0 aliphatic heterocycles. The molecule has 4 N–H and O–H groups in total. The van der Waals surface area contributed by atoms with Crippen molar-refractivity contribution in [3.8, 4) is 0 Å². The molecule has 0 aromatic heterocycles. The summed E-state index contributed by atoms with van der Waals surface area (Å²) >= 11 is 0. The molecule has 0 heterocycles. The SMILES string of the molecule is CCC(=N)Nc1ccc(CCNC(=O)O)cc1. The number of amidine groups is 1. The number of anilines is 1. The average Bonchev–Trinajstić information content (AvgIpc) is 2.31. The molecule has 17 heavy (non-hydrogen) atoms. The van der Waals surface area contributed by atoms with Gasteiger partial charge in [0.05, 0.1) is 5.84 Å². The number of amides is 1. The Morgan fingerprint density at radius 1 is 1.35 bits per heavy atom. The number of hydrogen-bond acceptors (Lipinski definition) is 2. The smallest absolute Gasteiger partial charge is 0.404 e. The second-order valence-corrected chi connectivity index (χ2v) is 3.64. The molecule has 0 aliphatic carbocycles. The van der Waals surface area contributed by atoms with Crippen LogP contribution in [0.5, 0.6) is 0 Å². The number of rotatable bonds is 5. The molecule has 1 rings (SSSR count). The molecule has 0 unspecified atom stereocenters. The van der Waals surface area contributed by atoms with Crippen LogP contribution in [0.25, 0.3) is 0 Å². The van der Waals surface area contributed by atoms with E-state index in [1.54, 1.807) is 0 Å². The van der Waals surface area contributed by atoms with Gasteiger partial charge >= 0.3 is 6.09 Å². The van der Waals surface area contributed by atoms with Gasteiger partial charge in [0, 0.05) is 18.7 Å². The first-order valence-corrected chi connectivity index (χ1v) is 5.52. The molecule has 92 valence electrons. The monoisotopic (exact) mass is 235 g/mol. The Hall–Kier alpha value is -2.04. The highest BCUT2D eigenvalue weighted by Gasteiger charge is 1.98. The van der Waals surface area contributed by atoms with Crippen molar-refractivity contribution in [3.05, 3.63) is 29.8 Å². The number of benzene rings is 1. The zero-order valence-electron chi connectivity index (χ0n) is 9.79. The fourth-order valence-corrected chi connectivity index (χ4v) is 1.33. The quantitative estimate of drug-likeness (QED) is 0.466. The standard InChI is InChI=1S/C12H17N3O2/c1-2-11(13)15-10-5-3-9(4-6-10)7-8-14-12(16)17/h3-6,14H,2,7-8H2,1H3,(H2,13,15)(H,16,17). The highest BCUT2D eigenvalue weighted by Crippen LogP contribution is 2.10. The third-order valence-corrected chi connectivity index (χ3v) is 2.29. The third-order valence-electron chi connectivity index (χ3n) is 2.29.